The number of nitrogens with zero attached hydrogens (tertiary/aromatic N) is 3. The number of nitrogens with two attached hydrogens (primary N) is 1. The van der Waals surface area contributed by atoms with Crippen molar-refractivity contribution in [3.63, 3.8) is 0 Å². The van der Waals surface area contributed by atoms with Crippen molar-refractivity contribution in [2.75, 3.05) is 14.1 Å². The van der Waals surface area contributed by atoms with E-state index in [1.807, 2.05) is 0 Å². The van der Waals surface area contributed by atoms with Crippen molar-refractivity contribution in [3.8, 4) is 0 Å². The van der Waals surface area contributed by atoms with Crippen LogP contribution in [0.25, 0.3) is 0 Å². The van der Waals surface area contributed by atoms with E-state index in [1.54, 1.807) is 20.2 Å². The molecule has 0 aliphatic heterocycles. The molecule has 15 heavy (non-hydrogen) atoms. The third-order valence-corrected chi connectivity index (χ3v) is 2.34. The Bertz CT molecular complexity index is 327. The lowest BCUT2D eigenvalue weighted by Crippen LogP contribution is -2.24. The second kappa shape index (κ2) is 8.16. The lowest BCUT2D eigenvalue weighted by atomic mass is 10.3. The maximum atomic E-state index is 5.26. The lowest BCUT2D eigenvalue weighted by molar-refractivity contribution is 1.25. The Morgan fingerprint density at radius 2 is 2.13 bits per heavy atom. The van der Waals surface area contributed by atoms with E-state index in [0.29, 0.717) is 11.5 Å². The summed E-state index contributed by atoms with van der Waals surface area (Å²) in [5.41, 5.74) is 5.90. The fourth-order valence-electron chi connectivity index (χ4n) is 0.772. The van der Waals surface area contributed by atoms with Gasteiger partial charge in [0.15, 0.2) is 5.84 Å². The molecule has 0 bridgehead atoms. The van der Waals surface area contributed by atoms with Gasteiger partial charge in [0.2, 0.25) is 0 Å². The molecule has 82 valence electrons. The molecule has 6 heteroatoms. The maximum absolute atomic E-state index is 5.26. The first-order valence-electron chi connectivity index (χ1n) is 4.12. The van der Waals surface area contributed by atoms with E-state index in [-0.39, 0.29) is 0 Å². The van der Waals surface area contributed by atoms with Gasteiger partial charge < -0.3 is 11.1 Å². The van der Waals surface area contributed by atoms with E-state index in [2.05, 4.69) is 49.5 Å². The summed E-state index contributed by atoms with van der Waals surface area (Å²) in [6, 6.07) is 0. The number of allylic oxidation sites excluding steroid dienone is 2. The summed E-state index contributed by atoms with van der Waals surface area (Å²) in [5.74, 6) is 0.589. The highest BCUT2D eigenvalue weighted by atomic mass is 127. The monoisotopic (exact) mass is 319 g/mol. The molecule has 0 atom stereocenters. The van der Waals surface area contributed by atoms with Crippen LogP contribution in [0.1, 0.15) is 0 Å². The van der Waals surface area contributed by atoms with Crippen molar-refractivity contribution < 1.29 is 0 Å². The Hall–Kier alpha value is -1.18. The normalized spacial score (nSPS) is 14.5. The van der Waals surface area contributed by atoms with Crippen LogP contribution in [-0.2, 0) is 0 Å². The number of amidine groups is 1. The first kappa shape index (κ1) is 13.8. The number of nitrogens with one attached hydrogen (secondary N) is 1. The van der Waals surface area contributed by atoms with Gasteiger partial charge in [-0.2, -0.15) is 0 Å². The number of hydrogen-bond donors (Lipinski definition) is 2. The Balaban J connectivity index is 5.14. The molecular weight excluding hydrogens is 305 g/mol. The standard InChI is InChI=1S/C9H14IN5/c1-4-7(10)8(14-5-11)9(13-3)15-6-12-2/h4-6H,1H2,2-3H3,(H2,11,14)(H,12,13,15)/b8-7+. The van der Waals surface area contributed by atoms with E-state index in [9.17, 15) is 0 Å². The number of aliphatic imine (C=N–C) groups is 3. The summed E-state index contributed by atoms with van der Waals surface area (Å²) in [6.07, 6.45) is 4.42. The SMILES string of the molecule is C=C/C(I)=C(\N=CN)C(=NC)NC=NC. The molecule has 0 heterocycles. The highest BCUT2D eigenvalue weighted by Gasteiger charge is 2.06. The lowest BCUT2D eigenvalue weighted by Gasteiger charge is -2.06. The van der Waals surface area contributed by atoms with Gasteiger partial charge in [0, 0.05) is 17.7 Å². The van der Waals surface area contributed by atoms with Gasteiger partial charge in [0.05, 0.1) is 12.7 Å². The molecule has 0 rings (SSSR count). The molecule has 5 nitrogen and oxygen atoms in total. The summed E-state index contributed by atoms with van der Waals surface area (Å²) in [7, 11) is 3.32. The Morgan fingerprint density at radius 3 is 2.53 bits per heavy atom. The number of halogens is 1. The van der Waals surface area contributed by atoms with Gasteiger partial charge in [-0.05, 0) is 22.6 Å². The zero-order valence-electron chi connectivity index (χ0n) is 8.74. The Morgan fingerprint density at radius 1 is 1.47 bits per heavy atom. The second-order valence-electron chi connectivity index (χ2n) is 2.28. The van der Waals surface area contributed by atoms with Crippen LogP contribution in [0, 0.1) is 0 Å². The van der Waals surface area contributed by atoms with Crippen LogP contribution in [-0.4, -0.2) is 32.6 Å². The van der Waals surface area contributed by atoms with Crippen molar-refractivity contribution >= 4 is 41.1 Å². The predicted octanol–water partition coefficient (Wildman–Crippen LogP) is 1.08. The summed E-state index contributed by atoms with van der Waals surface area (Å²) < 4.78 is 0.854. The zero-order chi connectivity index (χ0) is 11.7. The van der Waals surface area contributed by atoms with Gasteiger partial charge in [-0.1, -0.05) is 12.7 Å². The molecule has 0 amide bonds. The van der Waals surface area contributed by atoms with E-state index >= 15 is 0 Å². The van der Waals surface area contributed by atoms with Gasteiger partial charge in [0.25, 0.3) is 0 Å². The first-order chi connectivity index (χ1) is 7.21. The van der Waals surface area contributed by atoms with Crippen molar-refractivity contribution in [1.29, 1.82) is 0 Å². The first-order valence-corrected chi connectivity index (χ1v) is 5.19. The van der Waals surface area contributed by atoms with Crippen LogP contribution in [0.3, 0.4) is 0 Å². The van der Waals surface area contributed by atoms with E-state index in [0.717, 1.165) is 3.58 Å². The van der Waals surface area contributed by atoms with Crippen LogP contribution in [0.5, 0.6) is 0 Å². The highest BCUT2D eigenvalue weighted by molar-refractivity contribution is 14.1. The molecule has 0 fully saturated rings. The summed E-state index contributed by atoms with van der Waals surface area (Å²) in [6.45, 7) is 3.66. The van der Waals surface area contributed by atoms with Crippen LogP contribution in [0.15, 0.2) is 36.9 Å². The Labute approximate surface area is 103 Å². The van der Waals surface area contributed by atoms with Crippen LogP contribution in [0.4, 0.5) is 0 Å². The maximum Gasteiger partial charge on any atom is 0.153 e. The molecule has 0 spiro atoms. The Kier molecular flexibility index (Phi) is 7.51. The molecule has 3 N–H and O–H groups in total. The smallest absolute Gasteiger partial charge is 0.153 e. The highest BCUT2D eigenvalue weighted by Crippen LogP contribution is 2.15. The molecule has 0 aliphatic carbocycles. The summed E-state index contributed by atoms with van der Waals surface area (Å²) >= 11 is 2.11. The number of hydrogen-bond acceptors (Lipinski definition) is 3. The third kappa shape index (κ3) is 4.73. The zero-order valence-corrected chi connectivity index (χ0v) is 10.9. The molecule has 0 saturated heterocycles. The molecule has 0 unspecified atom stereocenters. The molecule has 0 aliphatic rings. The molecule has 0 radical (unpaired) electrons. The van der Waals surface area contributed by atoms with Gasteiger partial charge >= 0.3 is 0 Å². The quantitative estimate of drug-likeness (QED) is 0.352. The van der Waals surface area contributed by atoms with Gasteiger partial charge in [-0.25, -0.2) is 4.99 Å². The van der Waals surface area contributed by atoms with Crippen LogP contribution < -0.4 is 11.1 Å². The van der Waals surface area contributed by atoms with Crippen molar-refractivity contribution in [2.24, 2.45) is 20.7 Å². The van der Waals surface area contributed by atoms with Crippen molar-refractivity contribution in [2.45, 2.75) is 0 Å². The topological polar surface area (TPSA) is 75.1 Å². The summed E-state index contributed by atoms with van der Waals surface area (Å²) in [4.78, 5) is 11.9. The largest absolute Gasteiger partial charge is 0.390 e. The molecule has 0 aromatic heterocycles. The third-order valence-electron chi connectivity index (χ3n) is 1.39. The fraction of sp³-hybridized carbons (Fsp3) is 0.222. The predicted molar refractivity (Wildman–Crippen MR) is 74.8 cm³/mol. The van der Waals surface area contributed by atoms with Crippen LogP contribution >= 0.6 is 22.6 Å². The van der Waals surface area contributed by atoms with E-state index in [1.165, 1.54) is 12.7 Å². The molecule has 0 aromatic rings. The molecule has 0 saturated carbocycles. The van der Waals surface area contributed by atoms with E-state index in [4.69, 9.17) is 5.73 Å². The van der Waals surface area contributed by atoms with Gasteiger partial charge in [-0.15, -0.1) is 0 Å². The summed E-state index contributed by atoms with van der Waals surface area (Å²) in [5, 5.41) is 2.90. The average Bonchev–Trinajstić information content (AvgIpc) is 2.27. The minimum Gasteiger partial charge on any atom is -0.390 e. The molecule has 0 aromatic carbocycles. The second-order valence-corrected chi connectivity index (χ2v) is 3.44. The van der Waals surface area contributed by atoms with Crippen molar-refractivity contribution in [3.05, 3.63) is 21.9 Å². The average molecular weight is 319 g/mol. The van der Waals surface area contributed by atoms with Gasteiger partial charge in [-0.3, -0.25) is 9.98 Å². The van der Waals surface area contributed by atoms with Crippen LogP contribution in [0.2, 0.25) is 0 Å². The number of rotatable bonds is 4. The molecular formula is C9H14IN5. The fourth-order valence-corrected chi connectivity index (χ4v) is 1.17. The minimum absolute atomic E-state index is 0.589. The van der Waals surface area contributed by atoms with Gasteiger partial charge in [0.1, 0.15) is 5.70 Å². The van der Waals surface area contributed by atoms with Crippen molar-refractivity contribution in [1.82, 2.24) is 5.32 Å². The minimum atomic E-state index is 0.589. The van der Waals surface area contributed by atoms with E-state index < -0.39 is 0 Å².